The third-order valence-corrected chi connectivity index (χ3v) is 27.2. The van der Waals surface area contributed by atoms with Gasteiger partial charge >= 0.3 is 0 Å². The summed E-state index contributed by atoms with van der Waals surface area (Å²) in [4.78, 5) is 0. The van der Waals surface area contributed by atoms with Crippen LogP contribution in [0.4, 0.5) is 0 Å². The van der Waals surface area contributed by atoms with Crippen LogP contribution in [0.2, 0.25) is 0 Å². The Hall–Kier alpha value is -13.5. The van der Waals surface area contributed by atoms with E-state index < -0.39 is 21.1 Å². The first kappa shape index (κ1) is 67.1. The normalized spacial score (nSPS) is 13.6. The fraction of sp³-hybridized carbons (Fsp3) is 0.0721. The van der Waals surface area contributed by atoms with Crippen molar-refractivity contribution in [3.63, 3.8) is 0 Å². The fourth-order valence-corrected chi connectivity index (χ4v) is 22.4. The second-order valence-electron chi connectivity index (χ2n) is 32.0. The highest BCUT2D eigenvalue weighted by Crippen LogP contribution is 2.64. The first-order chi connectivity index (χ1) is 57.2. The molecule has 0 saturated carbocycles. The molecular formula is C111H73IO4. The SMILES string of the molecule is C=IOc1ccc(-c2c3c(c(-c4ccc(OC)cc4)c4c(-c5ccccc5)ccc(-c5ccccc5)c24)-c2ccc4c5c(C)c6c7ccc8c9ccc%10c%11c(ccc(c%12ccc(c6c(C)c5c5ccc-3c2c54)c7c%128)c%119)=c2c(-c3ccc(OC)cc3)c3c(C4=CC(C)CC=C4)ccc(-c4ccccc4)c3c(-c3ccc(OC)cc3)c2=%10)cc1. The Bertz CT molecular complexity index is 8060. The van der Waals surface area contributed by atoms with Gasteiger partial charge in [-0.05, 0) is 341 Å². The van der Waals surface area contributed by atoms with Gasteiger partial charge in [0.15, 0.2) is 0 Å². The standard InChI is InChI=1S/C111H73IO4/c1-59-18-17-25-69(58-59)77-45-44-76(64-23-15-10-16-24-64)106-95(66-28-36-71(114-6)37-29-66)108-86-52-48-80-78-46-50-82-90-60(2)92-84-54-56-88-103-89(57-55-85(101(84)103)93(92)61(3)91(90)83-51-47-79(98(78)100(82)83)81-49-53-87(102(86)99(80)81)109(108)97(107(77)106)67-30-38-72(115-7)39-31-67)111-96(68-32-40-73(41-33-68)116-112-4)105-75(63-21-13-9-14-22-63)43-42-74(62-19-11-8-12-20-62)104(105)94(110(88)111)65-26-34-70(113-5)35-27-65/h8-17,19-59H,4,18H2,1-3,5-7H3. The van der Waals surface area contributed by atoms with E-state index in [1.54, 1.807) is 21.3 Å². The molecule has 0 saturated heterocycles. The van der Waals surface area contributed by atoms with Gasteiger partial charge in [0.2, 0.25) is 0 Å². The number of allylic oxidation sites excluding steroid dienone is 4. The van der Waals surface area contributed by atoms with Gasteiger partial charge in [0, 0.05) is 0 Å². The van der Waals surface area contributed by atoms with Gasteiger partial charge in [-0.2, -0.15) is 0 Å². The monoisotopic (exact) mass is 1600 g/mol. The molecule has 3 aliphatic rings. The quantitative estimate of drug-likeness (QED) is 0.0655. The zero-order valence-electron chi connectivity index (χ0n) is 64.9. The molecule has 0 heterocycles. The molecule has 4 nitrogen and oxygen atoms in total. The summed E-state index contributed by atoms with van der Waals surface area (Å²) in [5.41, 5.74) is 26.6. The van der Waals surface area contributed by atoms with Crippen molar-refractivity contribution in [3.8, 4) is 123 Å². The topological polar surface area (TPSA) is 36.9 Å². The van der Waals surface area contributed by atoms with E-state index in [1.807, 2.05) is 0 Å². The van der Waals surface area contributed by atoms with E-state index in [4.69, 9.17) is 17.3 Å². The van der Waals surface area contributed by atoms with Crippen LogP contribution in [0, 0.1) is 40.6 Å². The summed E-state index contributed by atoms with van der Waals surface area (Å²) in [5, 5.41) is 33.5. The van der Waals surface area contributed by atoms with E-state index in [-0.39, 0.29) is 0 Å². The van der Waals surface area contributed by atoms with Crippen molar-refractivity contribution in [2.45, 2.75) is 27.2 Å². The third kappa shape index (κ3) is 9.17. The maximum Gasteiger partial charge on any atom is 0.132 e. The van der Waals surface area contributed by atoms with Crippen molar-refractivity contribution in [1.82, 2.24) is 0 Å². The van der Waals surface area contributed by atoms with Gasteiger partial charge in [-0.15, -0.1) is 0 Å². The van der Waals surface area contributed by atoms with Gasteiger partial charge in [-0.3, -0.25) is 0 Å². The van der Waals surface area contributed by atoms with E-state index in [2.05, 4.69) is 329 Å². The predicted octanol–water partition coefficient (Wildman–Crippen LogP) is 30.2. The van der Waals surface area contributed by atoms with Crippen molar-refractivity contribution in [2.75, 3.05) is 21.3 Å². The minimum Gasteiger partial charge on any atom is -0.497 e. The number of hydrogen-bond donors (Lipinski definition) is 0. The van der Waals surface area contributed by atoms with E-state index in [9.17, 15) is 0 Å². The molecule has 21 aromatic rings. The van der Waals surface area contributed by atoms with Crippen LogP contribution in [-0.4, -0.2) is 25.8 Å². The zero-order chi connectivity index (χ0) is 77.2. The Kier molecular flexibility index (Phi) is 14.6. The molecule has 548 valence electrons. The van der Waals surface area contributed by atoms with Crippen LogP contribution in [0.1, 0.15) is 30.0 Å². The molecular weight excluding hydrogens is 1520 g/mol. The van der Waals surface area contributed by atoms with Gasteiger partial charge in [-0.25, -0.2) is 0 Å². The molecule has 0 aliphatic heterocycles. The molecule has 116 heavy (non-hydrogen) atoms. The van der Waals surface area contributed by atoms with Crippen LogP contribution in [0.5, 0.6) is 23.0 Å². The highest BCUT2D eigenvalue weighted by Gasteiger charge is 2.37. The smallest absolute Gasteiger partial charge is 0.132 e. The molecule has 1 atom stereocenters. The summed E-state index contributed by atoms with van der Waals surface area (Å²) in [6, 6.07) is 108. The molecule has 0 radical (unpaired) electrons. The number of benzene rings is 19. The van der Waals surface area contributed by atoms with Crippen molar-refractivity contribution < 1.29 is 17.3 Å². The zero-order valence-corrected chi connectivity index (χ0v) is 67.0. The van der Waals surface area contributed by atoms with Gasteiger partial charge < -0.3 is 17.3 Å². The van der Waals surface area contributed by atoms with E-state index in [0.29, 0.717) is 5.92 Å². The second kappa shape index (κ2) is 25.3. The van der Waals surface area contributed by atoms with Gasteiger partial charge in [0.1, 0.15) is 44.1 Å². The highest BCUT2D eigenvalue weighted by atomic mass is 127. The minimum absolute atomic E-state index is 0.385. The maximum absolute atomic E-state index is 6.21. The number of halogens is 1. The Labute approximate surface area is 680 Å². The molecule has 24 rings (SSSR count). The molecule has 0 bridgehead atoms. The van der Waals surface area contributed by atoms with Crippen LogP contribution in [-0.2, 0) is 0 Å². The number of aryl methyl sites for hydroxylation is 2. The molecule has 0 N–H and O–H groups in total. The van der Waals surface area contributed by atoms with Crippen molar-refractivity contribution in [3.05, 3.63) is 341 Å². The Morgan fingerprint density at radius 3 is 0.991 bits per heavy atom. The molecule has 5 heteroatoms. The Balaban J connectivity index is 0.787. The van der Waals surface area contributed by atoms with E-state index in [1.165, 1.54) is 228 Å². The Morgan fingerprint density at radius 1 is 0.276 bits per heavy atom. The molecule has 3 aliphatic carbocycles. The first-order valence-electron chi connectivity index (χ1n) is 40.2. The maximum atomic E-state index is 6.21. The molecule has 0 fully saturated rings. The van der Waals surface area contributed by atoms with Crippen molar-refractivity contribution in [2.24, 2.45) is 5.92 Å². The fourth-order valence-electron chi connectivity index (χ4n) is 21.7. The van der Waals surface area contributed by atoms with Crippen LogP contribution in [0.3, 0.4) is 0 Å². The average Bonchev–Trinajstić information content (AvgIpc) is 1.50. The summed E-state index contributed by atoms with van der Waals surface area (Å²) < 4.78 is 28.1. The number of ether oxygens (including phenoxy) is 3. The second-order valence-corrected chi connectivity index (χ2v) is 33.1. The number of hydrogen-bond acceptors (Lipinski definition) is 4. The third-order valence-electron chi connectivity index (χ3n) is 26.4. The summed E-state index contributed by atoms with van der Waals surface area (Å²) in [7, 11) is 5.28. The van der Waals surface area contributed by atoms with Crippen molar-refractivity contribution in [1.29, 1.82) is 0 Å². The van der Waals surface area contributed by atoms with E-state index in [0.717, 1.165) is 62.8 Å². The summed E-state index contributed by atoms with van der Waals surface area (Å²) in [5.74, 6) is 3.70. The van der Waals surface area contributed by atoms with Crippen LogP contribution >= 0.6 is 21.1 Å². The summed E-state index contributed by atoms with van der Waals surface area (Å²) in [6.07, 6.45) is 8.22. The first-order valence-corrected chi connectivity index (χ1v) is 42.6. The van der Waals surface area contributed by atoms with Crippen molar-refractivity contribution >= 4 is 150 Å². The highest BCUT2D eigenvalue weighted by molar-refractivity contribution is 14.2. The molecule has 1 unspecified atom stereocenters. The largest absolute Gasteiger partial charge is 0.497 e. The number of methoxy groups -OCH3 is 3. The minimum atomic E-state index is -0.691. The van der Waals surface area contributed by atoms with Gasteiger partial charge in [0.25, 0.3) is 0 Å². The molecule has 0 spiro atoms. The van der Waals surface area contributed by atoms with Gasteiger partial charge in [0.05, 0.1) is 21.3 Å². The number of fused-ring (bicyclic) bond motifs is 14. The lowest BCUT2D eigenvalue weighted by Gasteiger charge is -2.25. The predicted molar refractivity (Wildman–Crippen MR) is 499 cm³/mol. The van der Waals surface area contributed by atoms with Crippen LogP contribution in [0.25, 0.3) is 224 Å². The summed E-state index contributed by atoms with van der Waals surface area (Å²) in [6.45, 7) is 7.19. The van der Waals surface area contributed by atoms with E-state index >= 15 is 0 Å². The lowest BCUT2D eigenvalue weighted by atomic mass is 9.78. The lowest BCUT2D eigenvalue weighted by Crippen LogP contribution is -2.00. The number of rotatable bonds is 13. The molecule has 21 aromatic carbocycles. The molecule has 0 amide bonds. The lowest BCUT2D eigenvalue weighted by molar-refractivity contribution is 0.415. The van der Waals surface area contributed by atoms with Crippen LogP contribution in [0.15, 0.2) is 303 Å². The summed E-state index contributed by atoms with van der Waals surface area (Å²) >= 11 is -0.691. The molecule has 0 aromatic heterocycles. The average molecular weight is 1600 g/mol. The van der Waals surface area contributed by atoms with Crippen LogP contribution < -0.4 is 17.3 Å². The Morgan fingerprint density at radius 2 is 0.595 bits per heavy atom. The van der Waals surface area contributed by atoms with Gasteiger partial charge in [-0.1, -0.05) is 262 Å².